The molecule has 3 aromatic rings. The molecule has 0 aliphatic carbocycles. The van der Waals surface area contributed by atoms with Crippen LogP contribution in [0.3, 0.4) is 0 Å². The van der Waals surface area contributed by atoms with Crippen LogP contribution in [-0.2, 0) is 18.4 Å². The summed E-state index contributed by atoms with van der Waals surface area (Å²) in [5.41, 5.74) is 1.83. The highest BCUT2D eigenvalue weighted by Crippen LogP contribution is 2.23. The molecule has 1 heterocycles. The van der Waals surface area contributed by atoms with Crippen LogP contribution >= 0.6 is 27.7 Å². The highest BCUT2D eigenvalue weighted by atomic mass is 79.9. The number of rotatable bonds is 6. The van der Waals surface area contributed by atoms with Crippen LogP contribution in [0.25, 0.3) is 11.4 Å². The molecule has 0 N–H and O–H groups in total. The van der Waals surface area contributed by atoms with Crippen molar-refractivity contribution in [3.8, 4) is 11.4 Å². The van der Waals surface area contributed by atoms with Crippen molar-refractivity contribution in [1.82, 2.24) is 19.7 Å². The van der Waals surface area contributed by atoms with Crippen molar-refractivity contribution < 1.29 is 9.18 Å². The molecule has 0 unspecified atom stereocenters. The fourth-order valence-electron chi connectivity index (χ4n) is 2.50. The zero-order chi connectivity index (χ0) is 19.4. The van der Waals surface area contributed by atoms with Gasteiger partial charge in [0.1, 0.15) is 5.82 Å². The molecule has 3 rings (SSSR count). The van der Waals surface area contributed by atoms with Crippen molar-refractivity contribution in [2.75, 3.05) is 12.8 Å². The van der Waals surface area contributed by atoms with Crippen molar-refractivity contribution >= 4 is 33.6 Å². The van der Waals surface area contributed by atoms with Crippen molar-refractivity contribution in [2.24, 2.45) is 7.05 Å². The molecule has 0 aliphatic rings. The molecule has 27 heavy (non-hydrogen) atoms. The third kappa shape index (κ3) is 4.75. The number of thioether (sulfide) groups is 1. The van der Waals surface area contributed by atoms with Crippen molar-refractivity contribution in [3.05, 3.63) is 64.4 Å². The zero-order valence-corrected chi connectivity index (χ0v) is 17.3. The second-order valence-corrected chi connectivity index (χ2v) is 7.80. The summed E-state index contributed by atoms with van der Waals surface area (Å²) in [6.07, 6.45) is 0. The number of hydrogen-bond acceptors (Lipinski definition) is 4. The van der Waals surface area contributed by atoms with E-state index >= 15 is 0 Å². The van der Waals surface area contributed by atoms with E-state index in [2.05, 4.69) is 26.1 Å². The van der Waals surface area contributed by atoms with Gasteiger partial charge in [0, 0.05) is 30.7 Å². The minimum absolute atomic E-state index is 0.00193. The Balaban J connectivity index is 1.62. The van der Waals surface area contributed by atoms with Crippen LogP contribution in [0.4, 0.5) is 4.39 Å². The minimum Gasteiger partial charge on any atom is -0.341 e. The first kappa shape index (κ1) is 19.6. The lowest BCUT2D eigenvalue weighted by atomic mass is 10.2. The highest BCUT2D eigenvalue weighted by Gasteiger charge is 2.15. The molecule has 0 saturated heterocycles. The SMILES string of the molecule is CN(Cc1ccccc1Br)C(=O)CSc1nnc(-c2ccc(F)cc2)n1C. The summed E-state index contributed by atoms with van der Waals surface area (Å²) in [6, 6.07) is 13.9. The minimum atomic E-state index is -0.297. The molecule has 1 amide bonds. The molecule has 1 aromatic heterocycles. The Morgan fingerprint density at radius 3 is 2.59 bits per heavy atom. The van der Waals surface area contributed by atoms with Crippen molar-refractivity contribution in [3.63, 3.8) is 0 Å². The number of carbonyl (C=O) groups is 1. The van der Waals surface area contributed by atoms with Crippen LogP contribution in [0.5, 0.6) is 0 Å². The third-order valence-corrected chi connectivity index (χ3v) is 5.83. The number of carbonyl (C=O) groups excluding carboxylic acids is 1. The average molecular weight is 449 g/mol. The van der Waals surface area contributed by atoms with E-state index in [0.717, 1.165) is 15.6 Å². The molecule has 0 bridgehead atoms. The van der Waals surface area contributed by atoms with E-state index in [1.807, 2.05) is 31.3 Å². The summed E-state index contributed by atoms with van der Waals surface area (Å²) in [6.45, 7) is 0.528. The standard InChI is InChI=1S/C19H18BrFN4OS/c1-24(11-14-5-3-4-6-16(14)20)17(26)12-27-19-23-22-18(25(19)2)13-7-9-15(21)10-8-13/h3-10H,11-12H2,1-2H3. The topological polar surface area (TPSA) is 51.0 Å². The second kappa shape index (κ2) is 8.67. The predicted octanol–water partition coefficient (Wildman–Crippen LogP) is 4.13. The van der Waals surface area contributed by atoms with Gasteiger partial charge in [0.15, 0.2) is 11.0 Å². The maximum atomic E-state index is 13.1. The summed E-state index contributed by atoms with van der Waals surface area (Å²) < 4.78 is 15.9. The number of aromatic nitrogens is 3. The lowest BCUT2D eigenvalue weighted by molar-refractivity contribution is -0.127. The van der Waals surface area contributed by atoms with Crippen molar-refractivity contribution in [1.29, 1.82) is 0 Å². The van der Waals surface area contributed by atoms with Gasteiger partial charge in [-0.2, -0.15) is 0 Å². The van der Waals surface area contributed by atoms with Gasteiger partial charge in [0.2, 0.25) is 5.91 Å². The van der Waals surface area contributed by atoms with E-state index in [0.29, 0.717) is 17.5 Å². The van der Waals surface area contributed by atoms with Gasteiger partial charge in [-0.25, -0.2) is 4.39 Å². The molecule has 0 fully saturated rings. The number of halogens is 2. The van der Waals surface area contributed by atoms with Gasteiger partial charge in [-0.15, -0.1) is 10.2 Å². The predicted molar refractivity (Wildman–Crippen MR) is 108 cm³/mol. The Kier molecular flexibility index (Phi) is 6.28. The van der Waals surface area contributed by atoms with Gasteiger partial charge in [-0.1, -0.05) is 45.9 Å². The molecule has 8 heteroatoms. The van der Waals surface area contributed by atoms with E-state index in [-0.39, 0.29) is 17.5 Å². The summed E-state index contributed by atoms with van der Waals surface area (Å²) >= 11 is 4.83. The first-order chi connectivity index (χ1) is 13.0. The Bertz CT molecular complexity index is 945. The van der Waals surface area contributed by atoms with E-state index in [1.54, 1.807) is 28.6 Å². The molecule has 0 spiro atoms. The van der Waals surface area contributed by atoms with Crippen LogP contribution < -0.4 is 0 Å². The molecule has 0 atom stereocenters. The molecule has 0 aliphatic heterocycles. The number of amides is 1. The van der Waals surface area contributed by atoms with Crippen LogP contribution in [0.15, 0.2) is 58.2 Å². The smallest absolute Gasteiger partial charge is 0.233 e. The lowest BCUT2D eigenvalue weighted by Gasteiger charge is -2.17. The van der Waals surface area contributed by atoms with Gasteiger partial charge in [-0.05, 0) is 35.9 Å². The summed E-state index contributed by atoms with van der Waals surface area (Å²) in [7, 11) is 3.61. The second-order valence-electron chi connectivity index (χ2n) is 6.00. The van der Waals surface area contributed by atoms with Gasteiger partial charge in [-0.3, -0.25) is 4.79 Å². The van der Waals surface area contributed by atoms with E-state index in [4.69, 9.17) is 0 Å². The van der Waals surface area contributed by atoms with Gasteiger partial charge in [0.25, 0.3) is 0 Å². The first-order valence-electron chi connectivity index (χ1n) is 8.21. The van der Waals surface area contributed by atoms with E-state index in [9.17, 15) is 9.18 Å². The molecular formula is C19H18BrFN4OS. The number of nitrogens with zero attached hydrogens (tertiary/aromatic N) is 4. The monoisotopic (exact) mass is 448 g/mol. The third-order valence-electron chi connectivity index (χ3n) is 4.05. The van der Waals surface area contributed by atoms with Crippen molar-refractivity contribution in [2.45, 2.75) is 11.7 Å². The average Bonchev–Trinajstić information content (AvgIpc) is 3.03. The molecular weight excluding hydrogens is 431 g/mol. The fraction of sp³-hybridized carbons (Fsp3) is 0.211. The van der Waals surface area contributed by atoms with Crippen LogP contribution in [0.1, 0.15) is 5.56 Å². The van der Waals surface area contributed by atoms with Crippen LogP contribution in [-0.4, -0.2) is 38.4 Å². The molecule has 0 saturated carbocycles. The quantitative estimate of drug-likeness (QED) is 0.531. The number of benzene rings is 2. The van der Waals surface area contributed by atoms with Crippen LogP contribution in [0, 0.1) is 5.82 Å². The fourth-order valence-corrected chi connectivity index (χ4v) is 3.76. The largest absolute Gasteiger partial charge is 0.341 e. The molecule has 5 nitrogen and oxygen atoms in total. The summed E-state index contributed by atoms with van der Waals surface area (Å²) in [4.78, 5) is 14.1. The zero-order valence-electron chi connectivity index (χ0n) is 14.9. The van der Waals surface area contributed by atoms with Gasteiger partial charge >= 0.3 is 0 Å². The number of hydrogen-bond donors (Lipinski definition) is 0. The summed E-state index contributed by atoms with van der Waals surface area (Å²) in [5, 5.41) is 8.94. The van der Waals surface area contributed by atoms with Crippen LogP contribution in [0.2, 0.25) is 0 Å². The molecule has 0 radical (unpaired) electrons. The summed E-state index contributed by atoms with van der Waals surface area (Å²) in [5.74, 6) is 0.596. The Labute approximate surface area is 169 Å². The Hall–Kier alpha value is -2.19. The first-order valence-corrected chi connectivity index (χ1v) is 9.99. The van der Waals surface area contributed by atoms with E-state index in [1.165, 1.54) is 23.9 Å². The molecule has 140 valence electrons. The lowest BCUT2D eigenvalue weighted by Crippen LogP contribution is -2.28. The van der Waals surface area contributed by atoms with Gasteiger partial charge in [0.05, 0.1) is 5.75 Å². The van der Waals surface area contributed by atoms with Gasteiger partial charge < -0.3 is 9.47 Å². The normalized spacial score (nSPS) is 10.8. The maximum absolute atomic E-state index is 13.1. The Morgan fingerprint density at radius 1 is 1.19 bits per heavy atom. The highest BCUT2D eigenvalue weighted by molar-refractivity contribution is 9.10. The molecule has 2 aromatic carbocycles. The maximum Gasteiger partial charge on any atom is 0.233 e. The van der Waals surface area contributed by atoms with E-state index < -0.39 is 0 Å². The Morgan fingerprint density at radius 2 is 1.89 bits per heavy atom.